The van der Waals surface area contributed by atoms with Gasteiger partial charge in [0.15, 0.2) is 0 Å². The number of ether oxygens (including phenoxy) is 1. The molecule has 210 valence electrons. The third kappa shape index (κ3) is 21.4. The molecule has 0 amide bonds. The van der Waals surface area contributed by atoms with Gasteiger partial charge < -0.3 is 4.74 Å². The Morgan fingerprint density at radius 1 is 0.806 bits per heavy atom. The molecule has 0 bridgehead atoms. The quantitative estimate of drug-likeness (QED) is 0.0581. The lowest BCUT2D eigenvalue weighted by atomic mass is 10.0. The zero-order valence-corrected chi connectivity index (χ0v) is 26.4. The number of hydrogen-bond donors (Lipinski definition) is 0. The van der Waals surface area contributed by atoms with Crippen LogP contribution in [0.4, 0.5) is 0 Å². The van der Waals surface area contributed by atoms with Gasteiger partial charge in [0, 0.05) is 28.9 Å². The van der Waals surface area contributed by atoms with E-state index in [0.717, 1.165) is 18.8 Å². The molecule has 36 heavy (non-hydrogen) atoms. The van der Waals surface area contributed by atoms with Gasteiger partial charge >= 0.3 is 6.95 Å². The third-order valence-corrected chi connectivity index (χ3v) is 9.11. The summed E-state index contributed by atoms with van der Waals surface area (Å²) in [6.07, 6.45) is 18.9. The maximum atomic E-state index is 12.2. The van der Waals surface area contributed by atoms with Gasteiger partial charge in [0.1, 0.15) is 0 Å². The predicted molar refractivity (Wildman–Crippen MR) is 162 cm³/mol. The van der Waals surface area contributed by atoms with Crippen molar-refractivity contribution in [3.63, 3.8) is 0 Å². The SMILES string of the molecule is CCCCCCCCCCCCCCCCOC[C@H](COP(=O)(Cl)OCCBr)SCc1ccccc1. The Labute approximate surface area is 238 Å². The van der Waals surface area contributed by atoms with E-state index in [9.17, 15) is 4.57 Å². The molecule has 0 spiro atoms. The lowest BCUT2D eigenvalue weighted by Crippen LogP contribution is -2.19. The van der Waals surface area contributed by atoms with Crippen LogP contribution in [0, 0.1) is 0 Å². The number of hydrogen-bond acceptors (Lipinski definition) is 5. The van der Waals surface area contributed by atoms with Crippen molar-refractivity contribution >= 4 is 45.9 Å². The van der Waals surface area contributed by atoms with Crippen molar-refractivity contribution in [1.82, 2.24) is 0 Å². The Bertz CT molecular complexity index is 656. The molecule has 0 saturated heterocycles. The monoisotopic (exact) mass is 626 g/mol. The van der Waals surface area contributed by atoms with Crippen LogP contribution in [0.5, 0.6) is 0 Å². The number of unbranched alkanes of at least 4 members (excludes halogenated alkanes) is 13. The van der Waals surface area contributed by atoms with Crippen LogP contribution in [-0.4, -0.2) is 37.0 Å². The van der Waals surface area contributed by atoms with E-state index in [0.29, 0.717) is 11.9 Å². The summed E-state index contributed by atoms with van der Waals surface area (Å²) in [4.78, 5) is 0. The minimum atomic E-state index is -3.56. The van der Waals surface area contributed by atoms with Crippen molar-refractivity contribution in [2.75, 3.05) is 31.8 Å². The zero-order valence-electron chi connectivity index (χ0n) is 22.4. The summed E-state index contributed by atoms with van der Waals surface area (Å²) in [6.45, 7) is 0.496. The van der Waals surface area contributed by atoms with Crippen LogP contribution < -0.4 is 0 Å². The molecule has 2 atom stereocenters. The molecule has 8 heteroatoms. The maximum Gasteiger partial charge on any atom is 0.424 e. The Kier molecular flexibility index (Phi) is 23.5. The zero-order chi connectivity index (χ0) is 26.2. The van der Waals surface area contributed by atoms with Crippen molar-refractivity contribution in [3.05, 3.63) is 35.9 Å². The predicted octanol–water partition coefficient (Wildman–Crippen LogP) is 10.6. The van der Waals surface area contributed by atoms with E-state index in [1.165, 1.54) is 89.0 Å². The Morgan fingerprint density at radius 3 is 1.92 bits per heavy atom. The summed E-state index contributed by atoms with van der Waals surface area (Å²) in [5, 5.41) is 0.596. The van der Waals surface area contributed by atoms with E-state index < -0.39 is 6.95 Å². The van der Waals surface area contributed by atoms with Crippen LogP contribution in [0.1, 0.15) is 102 Å². The normalized spacial score (nSPS) is 14.1. The molecule has 0 aromatic heterocycles. The molecule has 1 aromatic carbocycles. The lowest BCUT2D eigenvalue weighted by Gasteiger charge is -2.19. The minimum Gasteiger partial charge on any atom is -0.380 e. The highest BCUT2D eigenvalue weighted by Gasteiger charge is 2.23. The number of benzene rings is 1. The van der Waals surface area contributed by atoms with Gasteiger partial charge in [0.25, 0.3) is 0 Å². The molecule has 1 rings (SSSR count). The van der Waals surface area contributed by atoms with Gasteiger partial charge in [-0.2, -0.15) is 0 Å². The Balaban J connectivity index is 2.11. The summed E-state index contributed by atoms with van der Waals surface area (Å²) in [5.41, 5.74) is 1.24. The molecule has 0 aliphatic rings. The van der Waals surface area contributed by atoms with E-state index in [1.54, 1.807) is 11.8 Å². The van der Waals surface area contributed by atoms with E-state index in [1.807, 2.05) is 18.2 Å². The molecule has 0 aliphatic heterocycles. The van der Waals surface area contributed by atoms with Gasteiger partial charge in [-0.05, 0) is 12.0 Å². The van der Waals surface area contributed by atoms with Crippen LogP contribution in [0.25, 0.3) is 0 Å². The number of halogens is 2. The fourth-order valence-corrected chi connectivity index (χ4v) is 6.51. The molecule has 4 nitrogen and oxygen atoms in total. The molecule has 0 heterocycles. The van der Waals surface area contributed by atoms with Crippen LogP contribution in [0.3, 0.4) is 0 Å². The van der Waals surface area contributed by atoms with Crippen molar-refractivity contribution in [2.45, 2.75) is 108 Å². The Hall–Kier alpha value is 0.450. The fourth-order valence-electron chi connectivity index (χ4n) is 3.90. The molecule has 1 aromatic rings. The second kappa shape index (κ2) is 24.5. The average Bonchev–Trinajstić information content (AvgIpc) is 2.89. The Morgan fingerprint density at radius 2 is 1.36 bits per heavy atom. The molecular weight excluding hydrogens is 579 g/mol. The van der Waals surface area contributed by atoms with E-state index in [4.69, 9.17) is 25.0 Å². The molecule has 0 fully saturated rings. The largest absolute Gasteiger partial charge is 0.424 e. The maximum absolute atomic E-state index is 12.2. The highest BCUT2D eigenvalue weighted by atomic mass is 79.9. The van der Waals surface area contributed by atoms with Gasteiger partial charge in [0.05, 0.1) is 25.1 Å². The lowest BCUT2D eigenvalue weighted by molar-refractivity contribution is 0.117. The molecule has 0 aliphatic carbocycles. The van der Waals surface area contributed by atoms with Crippen molar-refractivity contribution < 1.29 is 18.3 Å². The van der Waals surface area contributed by atoms with Gasteiger partial charge in [-0.15, -0.1) is 11.8 Å². The third-order valence-electron chi connectivity index (χ3n) is 6.01. The van der Waals surface area contributed by atoms with E-state index >= 15 is 0 Å². The summed E-state index contributed by atoms with van der Waals surface area (Å²) in [7, 11) is 0. The van der Waals surface area contributed by atoms with E-state index in [-0.39, 0.29) is 18.5 Å². The van der Waals surface area contributed by atoms with E-state index in [2.05, 4.69) is 35.0 Å². The second-order valence-electron chi connectivity index (χ2n) is 9.34. The second-order valence-corrected chi connectivity index (χ2v) is 14.0. The first kappa shape index (κ1) is 34.5. The molecule has 0 saturated carbocycles. The topological polar surface area (TPSA) is 44.8 Å². The van der Waals surface area contributed by atoms with Crippen LogP contribution >= 0.6 is 45.9 Å². The molecule has 0 radical (unpaired) electrons. The first-order valence-electron chi connectivity index (χ1n) is 14.0. The van der Waals surface area contributed by atoms with Crippen LogP contribution in [0.2, 0.25) is 0 Å². The van der Waals surface area contributed by atoms with Crippen molar-refractivity contribution in [3.8, 4) is 0 Å². The highest BCUT2D eigenvalue weighted by molar-refractivity contribution is 9.09. The summed E-state index contributed by atoms with van der Waals surface area (Å²) in [5.74, 6) is 0.839. The van der Waals surface area contributed by atoms with Crippen LogP contribution in [-0.2, 0) is 24.1 Å². The van der Waals surface area contributed by atoms with Gasteiger partial charge in [-0.3, -0.25) is 9.05 Å². The number of thioether (sulfide) groups is 1. The molecule has 0 N–H and O–H groups in total. The van der Waals surface area contributed by atoms with Crippen molar-refractivity contribution in [1.29, 1.82) is 0 Å². The van der Waals surface area contributed by atoms with Gasteiger partial charge in [-0.25, -0.2) is 4.57 Å². The average molecular weight is 628 g/mol. The first-order chi connectivity index (χ1) is 17.6. The van der Waals surface area contributed by atoms with Gasteiger partial charge in [0.2, 0.25) is 0 Å². The molecular formula is C28H49BrClO4PS. The number of rotatable bonds is 26. The van der Waals surface area contributed by atoms with Gasteiger partial charge in [-0.1, -0.05) is 137 Å². The highest BCUT2D eigenvalue weighted by Crippen LogP contribution is 2.53. The van der Waals surface area contributed by atoms with Crippen molar-refractivity contribution in [2.24, 2.45) is 0 Å². The smallest absolute Gasteiger partial charge is 0.380 e. The summed E-state index contributed by atoms with van der Waals surface area (Å²) in [6, 6.07) is 10.3. The molecule has 1 unspecified atom stereocenters. The summed E-state index contributed by atoms with van der Waals surface area (Å²) < 4.78 is 28.7. The minimum absolute atomic E-state index is 0.0384. The van der Waals surface area contributed by atoms with Crippen LogP contribution in [0.15, 0.2) is 30.3 Å². The fraction of sp³-hybridized carbons (Fsp3) is 0.786. The number of alkyl halides is 1. The first-order valence-corrected chi connectivity index (χ1v) is 18.6. The standard InChI is InChI=1S/C28H49BrClO4PS/c1-2-3-4-5-6-7-8-9-10-11-12-13-14-18-22-32-24-28(25-34-35(30,31)33-23-21-29)36-26-27-19-16-15-17-20-27/h15-17,19-20,28H,2-14,18,21-26H2,1H3/t28-,35?/m1/s1. The summed E-state index contributed by atoms with van der Waals surface area (Å²) >= 11 is 10.9.